The lowest BCUT2D eigenvalue weighted by atomic mass is 10.2. The van der Waals surface area contributed by atoms with Crippen molar-refractivity contribution in [1.29, 1.82) is 0 Å². The van der Waals surface area contributed by atoms with Crippen molar-refractivity contribution in [2.24, 2.45) is 0 Å². The quantitative estimate of drug-likeness (QED) is 0.813. The van der Waals surface area contributed by atoms with Crippen molar-refractivity contribution in [2.45, 2.75) is 26.4 Å². The van der Waals surface area contributed by atoms with Gasteiger partial charge in [0.25, 0.3) is 0 Å². The summed E-state index contributed by atoms with van der Waals surface area (Å²) in [4.78, 5) is 0. The normalized spacial score (nSPS) is 12.3. The van der Waals surface area contributed by atoms with E-state index < -0.39 is 10.0 Å². The first kappa shape index (κ1) is 13.0. The van der Waals surface area contributed by atoms with Gasteiger partial charge in [0.15, 0.2) is 0 Å². The van der Waals surface area contributed by atoms with Gasteiger partial charge in [-0.2, -0.15) is 4.31 Å². The van der Waals surface area contributed by atoms with E-state index in [9.17, 15) is 8.42 Å². The van der Waals surface area contributed by atoms with Crippen molar-refractivity contribution in [3.8, 4) is 0 Å². The lowest BCUT2D eigenvalue weighted by Crippen LogP contribution is -2.35. The Balaban J connectivity index is 2.98. The predicted octanol–water partition coefficient (Wildman–Crippen LogP) is 1.44. The van der Waals surface area contributed by atoms with Crippen LogP contribution in [-0.2, 0) is 16.6 Å². The molecule has 90 valence electrons. The van der Waals surface area contributed by atoms with Crippen LogP contribution in [0.5, 0.6) is 0 Å². The summed E-state index contributed by atoms with van der Waals surface area (Å²) in [6, 6.07) is 7.23. The molecule has 2 N–H and O–H groups in total. The highest BCUT2D eigenvalue weighted by molar-refractivity contribution is 7.88. The van der Waals surface area contributed by atoms with Crippen LogP contribution in [0.25, 0.3) is 0 Å². The second-order valence-corrected chi connectivity index (χ2v) is 6.04. The number of nitrogens with zero attached hydrogens (tertiary/aromatic N) is 1. The number of nitrogen functional groups attached to an aromatic ring is 1. The van der Waals surface area contributed by atoms with Crippen LogP contribution in [0.1, 0.15) is 19.4 Å². The minimum atomic E-state index is -3.20. The number of hydrogen-bond acceptors (Lipinski definition) is 3. The second-order valence-electron chi connectivity index (χ2n) is 4.10. The second kappa shape index (κ2) is 4.84. The van der Waals surface area contributed by atoms with Crippen LogP contribution in [0, 0.1) is 0 Å². The van der Waals surface area contributed by atoms with Crippen molar-refractivity contribution >= 4 is 15.7 Å². The largest absolute Gasteiger partial charge is 0.398 e. The van der Waals surface area contributed by atoms with E-state index in [2.05, 4.69) is 0 Å². The highest BCUT2D eigenvalue weighted by Crippen LogP contribution is 2.17. The number of anilines is 1. The number of benzene rings is 1. The van der Waals surface area contributed by atoms with E-state index in [-0.39, 0.29) is 6.04 Å². The summed E-state index contributed by atoms with van der Waals surface area (Å²) in [5, 5.41) is 0. The molecule has 1 aromatic carbocycles. The Labute approximate surface area is 97.1 Å². The maximum Gasteiger partial charge on any atom is 0.211 e. The van der Waals surface area contributed by atoms with Crippen molar-refractivity contribution in [3.63, 3.8) is 0 Å². The molecule has 0 aliphatic rings. The van der Waals surface area contributed by atoms with Crippen LogP contribution < -0.4 is 5.73 Å². The molecule has 0 atom stereocenters. The number of sulfonamides is 1. The van der Waals surface area contributed by atoms with E-state index in [1.807, 2.05) is 32.0 Å². The van der Waals surface area contributed by atoms with Gasteiger partial charge in [0.2, 0.25) is 10.0 Å². The molecule has 0 fully saturated rings. The molecule has 0 unspecified atom stereocenters. The standard InChI is InChI=1S/C11H18N2O2S/c1-9(2)13(16(3,14)15)8-10-6-4-5-7-11(10)12/h4-7,9H,8,12H2,1-3H3. The molecule has 0 radical (unpaired) electrons. The fourth-order valence-electron chi connectivity index (χ4n) is 1.53. The molecular formula is C11H18N2O2S. The van der Waals surface area contributed by atoms with E-state index in [4.69, 9.17) is 5.73 Å². The Morgan fingerprint density at radius 3 is 2.31 bits per heavy atom. The predicted molar refractivity (Wildman–Crippen MR) is 66.4 cm³/mol. The first-order chi connectivity index (χ1) is 7.32. The van der Waals surface area contributed by atoms with Gasteiger partial charge in [0.1, 0.15) is 0 Å². The number of nitrogens with two attached hydrogens (primary N) is 1. The first-order valence-electron chi connectivity index (χ1n) is 5.12. The summed E-state index contributed by atoms with van der Waals surface area (Å²) in [5.74, 6) is 0. The third kappa shape index (κ3) is 3.21. The number of hydrogen-bond donors (Lipinski definition) is 1. The van der Waals surface area contributed by atoms with Crippen LogP contribution in [0.4, 0.5) is 5.69 Å². The fraction of sp³-hybridized carbons (Fsp3) is 0.455. The van der Waals surface area contributed by atoms with Crippen LogP contribution in [0.2, 0.25) is 0 Å². The Hall–Kier alpha value is -1.07. The maximum absolute atomic E-state index is 11.6. The summed E-state index contributed by atoms with van der Waals surface area (Å²) < 4.78 is 24.6. The Kier molecular flexibility index (Phi) is 3.93. The Bertz CT molecular complexity index is 455. The van der Waals surface area contributed by atoms with Gasteiger partial charge in [0.05, 0.1) is 6.26 Å². The van der Waals surface area contributed by atoms with Gasteiger partial charge in [0, 0.05) is 18.3 Å². The fourth-order valence-corrected chi connectivity index (χ4v) is 2.67. The zero-order valence-corrected chi connectivity index (χ0v) is 10.7. The van der Waals surface area contributed by atoms with E-state index in [0.717, 1.165) is 5.56 Å². The number of rotatable bonds is 4. The van der Waals surface area contributed by atoms with Crippen LogP contribution >= 0.6 is 0 Å². The van der Waals surface area contributed by atoms with E-state index >= 15 is 0 Å². The van der Waals surface area contributed by atoms with Gasteiger partial charge in [-0.25, -0.2) is 8.42 Å². The zero-order chi connectivity index (χ0) is 12.3. The molecule has 16 heavy (non-hydrogen) atoms. The topological polar surface area (TPSA) is 63.4 Å². The SMILES string of the molecule is CC(C)N(Cc1ccccc1N)S(C)(=O)=O. The van der Waals surface area contributed by atoms with Gasteiger partial charge in [-0.1, -0.05) is 18.2 Å². The molecule has 0 saturated carbocycles. The summed E-state index contributed by atoms with van der Waals surface area (Å²) in [7, 11) is -3.20. The molecule has 0 spiro atoms. The summed E-state index contributed by atoms with van der Waals surface area (Å²) >= 11 is 0. The smallest absolute Gasteiger partial charge is 0.211 e. The van der Waals surface area contributed by atoms with Crippen LogP contribution in [0.3, 0.4) is 0 Å². The molecule has 0 heterocycles. The molecule has 0 aliphatic carbocycles. The lowest BCUT2D eigenvalue weighted by molar-refractivity contribution is 0.351. The third-order valence-electron chi connectivity index (χ3n) is 2.38. The molecule has 0 amide bonds. The molecule has 4 nitrogen and oxygen atoms in total. The molecule has 5 heteroatoms. The van der Waals surface area contributed by atoms with Gasteiger partial charge >= 0.3 is 0 Å². The summed E-state index contributed by atoms with van der Waals surface area (Å²) in [5.41, 5.74) is 7.25. The van der Waals surface area contributed by atoms with Gasteiger partial charge < -0.3 is 5.73 Å². The Morgan fingerprint density at radius 2 is 1.88 bits per heavy atom. The molecular weight excluding hydrogens is 224 g/mol. The van der Waals surface area contributed by atoms with Gasteiger partial charge in [-0.05, 0) is 25.5 Å². The van der Waals surface area contributed by atoms with E-state index in [1.165, 1.54) is 10.6 Å². The van der Waals surface area contributed by atoms with E-state index in [0.29, 0.717) is 12.2 Å². The molecule has 1 aromatic rings. The van der Waals surface area contributed by atoms with Crippen LogP contribution in [-0.4, -0.2) is 25.0 Å². The van der Waals surface area contributed by atoms with Gasteiger partial charge in [-0.3, -0.25) is 0 Å². The minimum absolute atomic E-state index is 0.0744. The van der Waals surface area contributed by atoms with Gasteiger partial charge in [-0.15, -0.1) is 0 Å². The molecule has 1 rings (SSSR count). The van der Waals surface area contributed by atoms with Crippen molar-refractivity contribution in [3.05, 3.63) is 29.8 Å². The molecule has 0 aromatic heterocycles. The average Bonchev–Trinajstić information content (AvgIpc) is 2.14. The third-order valence-corrected chi connectivity index (χ3v) is 3.79. The van der Waals surface area contributed by atoms with Crippen molar-refractivity contribution < 1.29 is 8.42 Å². The maximum atomic E-state index is 11.6. The number of para-hydroxylation sites is 1. The molecule has 0 bridgehead atoms. The summed E-state index contributed by atoms with van der Waals surface area (Å²) in [6.45, 7) is 4.02. The molecule has 0 aliphatic heterocycles. The Morgan fingerprint density at radius 1 is 1.31 bits per heavy atom. The first-order valence-corrected chi connectivity index (χ1v) is 6.97. The average molecular weight is 242 g/mol. The summed E-state index contributed by atoms with van der Waals surface area (Å²) in [6.07, 6.45) is 1.21. The van der Waals surface area contributed by atoms with E-state index in [1.54, 1.807) is 6.07 Å². The van der Waals surface area contributed by atoms with Crippen LogP contribution in [0.15, 0.2) is 24.3 Å². The minimum Gasteiger partial charge on any atom is -0.398 e. The lowest BCUT2D eigenvalue weighted by Gasteiger charge is -2.24. The highest BCUT2D eigenvalue weighted by atomic mass is 32.2. The highest BCUT2D eigenvalue weighted by Gasteiger charge is 2.20. The molecule has 0 saturated heterocycles. The zero-order valence-electron chi connectivity index (χ0n) is 9.84. The monoisotopic (exact) mass is 242 g/mol. The van der Waals surface area contributed by atoms with Crippen molar-refractivity contribution in [2.75, 3.05) is 12.0 Å². The van der Waals surface area contributed by atoms with Crippen molar-refractivity contribution in [1.82, 2.24) is 4.31 Å².